The van der Waals surface area contributed by atoms with Gasteiger partial charge in [-0.2, -0.15) is 0 Å². The van der Waals surface area contributed by atoms with Gasteiger partial charge in [-0.15, -0.1) is 0 Å². The molecule has 0 amide bonds. The van der Waals surface area contributed by atoms with E-state index < -0.39 is 5.82 Å². The second-order valence-corrected chi connectivity index (χ2v) is 4.92. The van der Waals surface area contributed by atoms with Crippen LogP contribution >= 0.6 is 0 Å². The van der Waals surface area contributed by atoms with Crippen molar-refractivity contribution in [2.75, 3.05) is 24.5 Å². The molecule has 0 unspecified atom stereocenters. The lowest BCUT2D eigenvalue weighted by atomic mass is 10.2. The van der Waals surface area contributed by atoms with E-state index in [0.717, 1.165) is 12.6 Å². The van der Waals surface area contributed by atoms with Gasteiger partial charge in [-0.3, -0.25) is 14.3 Å². The first-order valence-corrected chi connectivity index (χ1v) is 7.21. The van der Waals surface area contributed by atoms with E-state index in [1.807, 2.05) is 11.8 Å². The summed E-state index contributed by atoms with van der Waals surface area (Å²) in [5, 5.41) is 0. The highest BCUT2D eigenvalue weighted by atomic mass is 19.1. The number of rotatable bonds is 6. The van der Waals surface area contributed by atoms with Crippen molar-refractivity contribution in [1.29, 1.82) is 0 Å². The van der Waals surface area contributed by atoms with E-state index >= 15 is 0 Å². The molecule has 2 N–H and O–H groups in total. The Balaban J connectivity index is 2.51. The molecule has 0 aliphatic rings. The van der Waals surface area contributed by atoms with Gasteiger partial charge in [0.05, 0.1) is 11.9 Å². The summed E-state index contributed by atoms with van der Waals surface area (Å²) in [4.78, 5) is 22.3. The standard InChI is InChI=1S/C15H20FN5O/c1-3-21(8-4-6-17)15-19-13(9-14(22)20(15)2)11-5-7-18-10-12(11)16/h5,7,9-10H,3-4,6,8,17H2,1-2H3. The van der Waals surface area contributed by atoms with Crippen LogP contribution in [-0.4, -0.2) is 34.2 Å². The third-order valence-electron chi connectivity index (χ3n) is 3.46. The Labute approximate surface area is 128 Å². The second kappa shape index (κ2) is 7.13. The predicted octanol–water partition coefficient (Wildman–Crippen LogP) is 1.16. The smallest absolute Gasteiger partial charge is 0.255 e. The SMILES string of the molecule is CCN(CCCN)c1nc(-c2ccncc2F)cc(=O)n1C. The minimum absolute atomic E-state index is 0.234. The maximum Gasteiger partial charge on any atom is 0.255 e. The molecule has 2 rings (SSSR count). The Hall–Kier alpha value is -2.28. The number of halogens is 1. The van der Waals surface area contributed by atoms with E-state index in [-0.39, 0.29) is 11.1 Å². The Kier molecular flexibility index (Phi) is 5.21. The molecule has 2 heterocycles. The summed E-state index contributed by atoms with van der Waals surface area (Å²) in [5.74, 6) is 0.00821. The molecule has 22 heavy (non-hydrogen) atoms. The zero-order valence-electron chi connectivity index (χ0n) is 12.8. The van der Waals surface area contributed by atoms with E-state index in [1.165, 1.54) is 22.9 Å². The normalized spacial score (nSPS) is 10.7. The first kappa shape index (κ1) is 16.1. The number of aromatic nitrogens is 3. The van der Waals surface area contributed by atoms with E-state index in [1.54, 1.807) is 7.05 Å². The van der Waals surface area contributed by atoms with Gasteiger partial charge < -0.3 is 10.6 Å². The molecule has 0 saturated heterocycles. The van der Waals surface area contributed by atoms with E-state index in [0.29, 0.717) is 31.3 Å². The van der Waals surface area contributed by atoms with Gasteiger partial charge in [-0.1, -0.05) is 0 Å². The third kappa shape index (κ3) is 3.30. The first-order chi connectivity index (χ1) is 10.6. The van der Waals surface area contributed by atoms with Gasteiger partial charge in [-0.05, 0) is 26.0 Å². The van der Waals surface area contributed by atoms with Gasteiger partial charge in [0, 0.05) is 38.0 Å². The zero-order valence-corrected chi connectivity index (χ0v) is 12.8. The topological polar surface area (TPSA) is 77.0 Å². The van der Waals surface area contributed by atoms with Gasteiger partial charge in [0.25, 0.3) is 5.56 Å². The highest BCUT2D eigenvalue weighted by Crippen LogP contribution is 2.20. The second-order valence-electron chi connectivity index (χ2n) is 4.92. The van der Waals surface area contributed by atoms with Crippen molar-refractivity contribution in [3.05, 3.63) is 40.7 Å². The molecule has 0 saturated carbocycles. The van der Waals surface area contributed by atoms with Crippen LogP contribution in [0.15, 0.2) is 29.3 Å². The van der Waals surface area contributed by atoms with Crippen molar-refractivity contribution in [1.82, 2.24) is 14.5 Å². The van der Waals surface area contributed by atoms with Crippen LogP contribution in [0, 0.1) is 5.82 Å². The average Bonchev–Trinajstić information content (AvgIpc) is 2.52. The molecular formula is C15H20FN5O. The summed E-state index contributed by atoms with van der Waals surface area (Å²) in [6.45, 7) is 3.91. The number of anilines is 1. The number of hydrogen-bond donors (Lipinski definition) is 1. The third-order valence-corrected chi connectivity index (χ3v) is 3.46. The van der Waals surface area contributed by atoms with Crippen molar-refractivity contribution < 1.29 is 4.39 Å². The number of nitrogens with zero attached hydrogens (tertiary/aromatic N) is 4. The summed E-state index contributed by atoms with van der Waals surface area (Å²) in [6.07, 6.45) is 3.38. The van der Waals surface area contributed by atoms with Crippen LogP contribution in [0.4, 0.5) is 10.3 Å². The fraction of sp³-hybridized carbons (Fsp3) is 0.400. The molecule has 6 nitrogen and oxygen atoms in total. The lowest BCUT2D eigenvalue weighted by Gasteiger charge is -2.24. The van der Waals surface area contributed by atoms with Gasteiger partial charge in [0.2, 0.25) is 5.95 Å². The van der Waals surface area contributed by atoms with Crippen LogP contribution in [0.25, 0.3) is 11.3 Å². The minimum atomic E-state index is -0.501. The quantitative estimate of drug-likeness (QED) is 0.866. The highest BCUT2D eigenvalue weighted by molar-refractivity contribution is 5.60. The van der Waals surface area contributed by atoms with E-state index in [2.05, 4.69) is 9.97 Å². The molecule has 2 aromatic heterocycles. The fourth-order valence-electron chi connectivity index (χ4n) is 2.21. The molecule has 0 aliphatic heterocycles. The van der Waals surface area contributed by atoms with Crippen LogP contribution in [-0.2, 0) is 7.05 Å². The average molecular weight is 305 g/mol. The van der Waals surface area contributed by atoms with Crippen molar-refractivity contribution in [2.45, 2.75) is 13.3 Å². The maximum absolute atomic E-state index is 13.9. The Bertz CT molecular complexity index is 701. The highest BCUT2D eigenvalue weighted by Gasteiger charge is 2.15. The Morgan fingerprint density at radius 1 is 1.45 bits per heavy atom. The predicted molar refractivity (Wildman–Crippen MR) is 84.2 cm³/mol. The van der Waals surface area contributed by atoms with Gasteiger partial charge in [-0.25, -0.2) is 9.37 Å². The summed E-state index contributed by atoms with van der Waals surface area (Å²) >= 11 is 0. The van der Waals surface area contributed by atoms with Crippen LogP contribution in [0.5, 0.6) is 0 Å². The first-order valence-electron chi connectivity index (χ1n) is 7.21. The van der Waals surface area contributed by atoms with Crippen molar-refractivity contribution in [3.63, 3.8) is 0 Å². The molecule has 118 valence electrons. The van der Waals surface area contributed by atoms with Gasteiger partial charge >= 0.3 is 0 Å². The van der Waals surface area contributed by atoms with Crippen molar-refractivity contribution >= 4 is 5.95 Å². The Morgan fingerprint density at radius 3 is 2.86 bits per heavy atom. The summed E-state index contributed by atoms with van der Waals surface area (Å²) in [5.41, 5.74) is 5.89. The number of nitrogens with two attached hydrogens (primary N) is 1. The molecule has 7 heteroatoms. The molecule has 2 aromatic rings. The van der Waals surface area contributed by atoms with Crippen LogP contribution < -0.4 is 16.2 Å². The van der Waals surface area contributed by atoms with E-state index in [4.69, 9.17) is 5.73 Å². The molecule has 0 radical (unpaired) electrons. The number of hydrogen-bond acceptors (Lipinski definition) is 5. The molecule has 0 fully saturated rings. The van der Waals surface area contributed by atoms with Crippen molar-refractivity contribution in [2.24, 2.45) is 12.8 Å². The molecule has 0 aromatic carbocycles. The lowest BCUT2D eigenvalue weighted by molar-refractivity contribution is 0.623. The minimum Gasteiger partial charge on any atom is -0.342 e. The van der Waals surface area contributed by atoms with Crippen LogP contribution in [0.1, 0.15) is 13.3 Å². The lowest BCUT2D eigenvalue weighted by Crippen LogP contribution is -2.33. The fourth-order valence-corrected chi connectivity index (χ4v) is 2.21. The summed E-state index contributed by atoms with van der Waals surface area (Å²) < 4.78 is 15.3. The molecule has 0 spiro atoms. The monoisotopic (exact) mass is 305 g/mol. The molecule has 0 bridgehead atoms. The van der Waals surface area contributed by atoms with Crippen LogP contribution in [0.2, 0.25) is 0 Å². The summed E-state index contributed by atoms with van der Waals surface area (Å²) in [7, 11) is 1.66. The number of pyridine rings is 1. The van der Waals surface area contributed by atoms with Gasteiger partial charge in [0.15, 0.2) is 5.82 Å². The Morgan fingerprint density at radius 2 is 2.23 bits per heavy atom. The molecular weight excluding hydrogens is 285 g/mol. The van der Waals surface area contributed by atoms with Gasteiger partial charge in [0.1, 0.15) is 0 Å². The van der Waals surface area contributed by atoms with Crippen molar-refractivity contribution in [3.8, 4) is 11.3 Å². The summed E-state index contributed by atoms with van der Waals surface area (Å²) in [6, 6.07) is 2.84. The largest absolute Gasteiger partial charge is 0.342 e. The molecule has 0 atom stereocenters. The zero-order chi connectivity index (χ0) is 16.1. The maximum atomic E-state index is 13.9. The van der Waals surface area contributed by atoms with E-state index in [9.17, 15) is 9.18 Å². The van der Waals surface area contributed by atoms with Crippen LogP contribution in [0.3, 0.4) is 0 Å². The molecule has 0 aliphatic carbocycles.